The van der Waals surface area contributed by atoms with E-state index in [4.69, 9.17) is 14.4 Å². The Morgan fingerprint density at radius 1 is 1.41 bits per heavy atom. The number of likely N-dealkylation sites (tertiary alicyclic amines) is 1. The summed E-state index contributed by atoms with van der Waals surface area (Å²) in [5.74, 6) is 1.73. The first-order valence-electron chi connectivity index (χ1n) is 7.13. The van der Waals surface area contributed by atoms with Gasteiger partial charge in [0.15, 0.2) is 0 Å². The lowest BCUT2D eigenvalue weighted by Gasteiger charge is -2.28. The van der Waals surface area contributed by atoms with Crippen LogP contribution >= 0.6 is 0 Å². The minimum atomic E-state index is -0.903. The number of benzene rings is 1. The number of carbonyl (C=O) groups is 1. The van der Waals surface area contributed by atoms with E-state index in [0.717, 1.165) is 24.2 Å². The van der Waals surface area contributed by atoms with Gasteiger partial charge in [0.1, 0.15) is 5.75 Å². The minimum absolute atomic E-state index is 0.0376. The number of rotatable bonds is 3. The Morgan fingerprint density at radius 3 is 2.86 bits per heavy atom. The summed E-state index contributed by atoms with van der Waals surface area (Å²) in [6.45, 7) is 0.963. The Labute approximate surface area is 127 Å². The van der Waals surface area contributed by atoms with Crippen molar-refractivity contribution in [2.24, 2.45) is 0 Å². The van der Waals surface area contributed by atoms with Crippen LogP contribution in [0, 0.1) is 0 Å². The highest BCUT2D eigenvalue weighted by molar-refractivity contribution is 5.65. The van der Waals surface area contributed by atoms with Crippen LogP contribution in [0.15, 0.2) is 28.8 Å². The zero-order valence-corrected chi connectivity index (χ0v) is 12.2. The molecule has 1 atom stereocenters. The monoisotopic (exact) mass is 303 g/mol. The lowest BCUT2D eigenvalue weighted by atomic mass is 9.98. The summed E-state index contributed by atoms with van der Waals surface area (Å²) in [6.07, 6.45) is 0.755. The van der Waals surface area contributed by atoms with Crippen molar-refractivity contribution in [3.05, 3.63) is 30.2 Å². The predicted octanol–water partition coefficient (Wildman–Crippen LogP) is 2.60. The molecule has 7 nitrogen and oxygen atoms in total. The van der Waals surface area contributed by atoms with Gasteiger partial charge in [-0.05, 0) is 37.1 Å². The average molecular weight is 303 g/mol. The van der Waals surface area contributed by atoms with Crippen LogP contribution in [0.3, 0.4) is 0 Å². The summed E-state index contributed by atoms with van der Waals surface area (Å²) in [7, 11) is 1.61. The molecule has 1 saturated heterocycles. The van der Waals surface area contributed by atoms with Crippen LogP contribution in [-0.4, -0.2) is 46.4 Å². The summed E-state index contributed by atoms with van der Waals surface area (Å²) in [5, 5.41) is 13.1. The van der Waals surface area contributed by atoms with Crippen LogP contribution in [0.4, 0.5) is 4.79 Å². The van der Waals surface area contributed by atoms with Crippen LogP contribution in [-0.2, 0) is 0 Å². The molecule has 22 heavy (non-hydrogen) atoms. The molecule has 0 spiro atoms. The summed E-state index contributed by atoms with van der Waals surface area (Å²) in [4.78, 5) is 16.9. The molecule has 1 unspecified atom stereocenters. The first kappa shape index (κ1) is 14.4. The number of hydrogen-bond donors (Lipinski definition) is 1. The van der Waals surface area contributed by atoms with E-state index in [1.165, 1.54) is 4.90 Å². The summed E-state index contributed by atoms with van der Waals surface area (Å²) in [6, 6.07) is 7.38. The molecule has 1 aliphatic rings. The van der Waals surface area contributed by atoms with Gasteiger partial charge in [0, 0.05) is 18.7 Å². The molecule has 1 aliphatic heterocycles. The van der Waals surface area contributed by atoms with Crippen molar-refractivity contribution in [1.82, 2.24) is 15.0 Å². The predicted molar refractivity (Wildman–Crippen MR) is 77.9 cm³/mol. The SMILES string of the molecule is COc1ccc(-c2noc(C3CCCN(C(=O)O)C3)n2)cc1. The van der Waals surface area contributed by atoms with E-state index in [2.05, 4.69) is 10.1 Å². The van der Waals surface area contributed by atoms with Crippen molar-refractivity contribution in [2.75, 3.05) is 20.2 Å². The zero-order valence-electron chi connectivity index (χ0n) is 12.2. The van der Waals surface area contributed by atoms with E-state index >= 15 is 0 Å². The molecule has 2 aromatic rings. The van der Waals surface area contributed by atoms with Crippen molar-refractivity contribution >= 4 is 6.09 Å². The second-order valence-corrected chi connectivity index (χ2v) is 5.25. The van der Waals surface area contributed by atoms with E-state index in [9.17, 15) is 4.79 Å². The van der Waals surface area contributed by atoms with Gasteiger partial charge in [-0.25, -0.2) is 4.79 Å². The molecule has 1 aromatic carbocycles. The van der Waals surface area contributed by atoms with Gasteiger partial charge in [-0.15, -0.1) is 0 Å². The largest absolute Gasteiger partial charge is 0.497 e. The van der Waals surface area contributed by atoms with E-state index in [1.54, 1.807) is 7.11 Å². The molecule has 0 saturated carbocycles. The van der Waals surface area contributed by atoms with Crippen molar-refractivity contribution < 1.29 is 19.2 Å². The number of carboxylic acid groups (broad SMARTS) is 1. The standard InChI is InChI=1S/C15H17N3O4/c1-21-12-6-4-10(5-7-12)13-16-14(22-17-13)11-3-2-8-18(9-11)15(19)20/h4-7,11H,2-3,8-9H2,1H3,(H,19,20). The third-order valence-electron chi connectivity index (χ3n) is 3.83. The second kappa shape index (κ2) is 6.05. The van der Waals surface area contributed by atoms with E-state index in [-0.39, 0.29) is 5.92 Å². The maximum absolute atomic E-state index is 11.1. The molecule has 116 valence electrons. The van der Waals surface area contributed by atoms with Crippen molar-refractivity contribution in [3.8, 4) is 17.1 Å². The quantitative estimate of drug-likeness (QED) is 0.937. The van der Waals surface area contributed by atoms with Crippen LogP contribution in [0.1, 0.15) is 24.7 Å². The van der Waals surface area contributed by atoms with Gasteiger partial charge < -0.3 is 19.3 Å². The van der Waals surface area contributed by atoms with E-state index in [0.29, 0.717) is 24.8 Å². The molecular weight excluding hydrogens is 286 g/mol. The molecule has 0 aliphatic carbocycles. The Hall–Kier alpha value is -2.57. The molecular formula is C15H17N3O4. The molecule has 0 radical (unpaired) electrons. The average Bonchev–Trinajstić information content (AvgIpc) is 3.05. The number of nitrogens with zero attached hydrogens (tertiary/aromatic N) is 3. The first-order chi connectivity index (χ1) is 10.7. The smallest absolute Gasteiger partial charge is 0.407 e. The Bertz CT molecular complexity index is 653. The van der Waals surface area contributed by atoms with Crippen LogP contribution < -0.4 is 4.74 Å². The van der Waals surface area contributed by atoms with Crippen molar-refractivity contribution in [3.63, 3.8) is 0 Å². The lowest BCUT2D eigenvalue weighted by Crippen LogP contribution is -2.38. The molecule has 1 amide bonds. The van der Waals surface area contributed by atoms with Gasteiger partial charge >= 0.3 is 6.09 Å². The van der Waals surface area contributed by atoms with Crippen molar-refractivity contribution in [1.29, 1.82) is 0 Å². The number of amides is 1. The maximum Gasteiger partial charge on any atom is 0.407 e. The lowest BCUT2D eigenvalue weighted by molar-refractivity contribution is 0.126. The molecule has 7 heteroatoms. The second-order valence-electron chi connectivity index (χ2n) is 5.25. The van der Waals surface area contributed by atoms with E-state index < -0.39 is 6.09 Å². The first-order valence-corrected chi connectivity index (χ1v) is 7.13. The highest BCUT2D eigenvalue weighted by atomic mass is 16.5. The highest BCUT2D eigenvalue weighted by Gasteiger charge is 2.28. The van der Waals surface area contributed by atoms with Crippen LogP contribution in [0.5, 0.6) is 5.75 Å². The highest BCUT2D eigenvalue weighted by Crippen LogP contribution is 2.28. The molecule has 0 bridgehead atoms. The number of aromatic nitrogens is 2. The minimum Gasteiger partial charge on any atom is -0.497 e. The Balaban J connectivity index is 1.76. The third kappa shape index (κ3) is 2.88. The molecule has 1 fully saturated rings. The maximum atomic E-state index is 11.1. The summed E-state index contributed by atoms with van der Waals surface area (Å²) < 4.78 is 10.4. The molecule has 1 N–H and O–H groups in total. The Morgan fingerprint density at radius 2 is 2.18 bits per heavy atom. The number of piperidine rings is 1. The van der Waals surface area contributed by atoms with Crippen molar-refractivity contribution in [2.45, 2.75) is 18.8 Å². The molecule has 3 rings (SSSR count). The fourth-order valence-corrected chi connectivity index (χ4v) is 2.61. The van der Waals surface area contributed by atoms with Gasteiger partial charge in [-0.3, -0.25) is 0 Å². The number of ether oxygens (including phenoxy) is 1. The van der Waals surface area contributed by atoms with Crippen LogP contribution in [0.25, 0.3) is 11.4 Å². The van der Waals surface area contributed by atoms with E-state index in [1.807, 2.05) is 24.3 Å². The van der Waals surface area contributed by atoms with Gasteiger partial charge in [0.25, 0.3) is 0 Å². The fourth-order valence-electron chi connectivity index (χ4n) is 2.61. The normalized spacial score (nSPS) is 18.2. The van der Waals surface area contributed by atoms with Gasteiger partial charge in [0.05, 0.1) is 13.0 Å². The molecule has 1 aromatic heterocycles. The number of hydrogen-bond acceptors (Lipinski definition) is 5. The molecule has 2 heterocycles. The summed E-state index contributed by atoms with van der Waals surface area (Å²) in [5.41, 5.74) is 0.835. The fraction of sp³-hybridized carbons (Fsp3) is 0.400. The van der Waals surface area contributed by atoms with Gasteiger partial charge in [-0.2, -0.15) is 4.98 Å². The topological polar surface area (TPSA) is 88.7 Å². The zero-order chi connectivity index (χ0) is 15.5. The number of methoxy groups -OCH3 is 1. The third-order valence-corrected chi connectivity index (χ3v) is 3.83. The van der Waals surface area contributed by atoms with Crippen LogP contribution in [0.2, 0.25) is 0 Å². The van der Waals surface area contributed by atoms with Gasteiger partial charge in [0.2, 0.25) is 11.7 Å². The Kier molecular flexibility index (Phi) is 3.95. The van der Waals surface area contributed by atoms with Gasteiger partial charge in [-0.1, -0.05) is 5.16 Å². The summed E-state index contributed by atoms with van der Waals surface area (Å²) >= 11 is 0.